The standard InChI is InChI=1S/C20H19FN6O/c1-12(28)10-23-20-22-8-7-17(24-20)16-9-14-11-27(2)26-19(14)25-18(16)13-3-5-15(21)6-4-13/h3-9,11-12,28H,10H2,1-2H3,(H,22,23,24). The van der Waals surface area contributed by atoms with E-state index in [9.17, 15) is 9.50 Å². The molecule has 0 saturated heterocycles. The first-order chi connectivity index (χ1) is 13.5. The number of aliphatic hydroxyl groups is 1. The van der Waals surface area contributed by atoms with Gasteiger partial charge in [-0.25, -0.2) is 19.3 Å². The summed E-state index contributed by atoms with van der Waals surface area (Å²) in [5, 5.41) is 17.7. The van der Waals surface area contributed by atoms with Crippen LogP contribution < -0.4 is 5.32 Å². The molecular formula is C20H19FN6O. The summed E-state index contributed by atoms with van der Waals surface area (Å²) < 4.78 is 15.1. The molecule has 7 nitrogen and oxygen atoms in total. The molecule has 0 fully saturated rings. The molecular weight excluding hydrogens is 359 g/mol. The molecule has 1 aromatic carbocycles. The first kappa shape index (κ1) is 18.0. The topological polar surface area (TPSA) is 88.8 Å². The molecule has 0 aliphatic rings. The fraction of sp³-hybridized carbons (Fsp3) is 0.200. The second kappa shape index (κ2) is 7.32. The Hall–Kier alpha value is -3.39. The van der Waals surface area contributed by atoms with Crippen molar-refractivity contribution in [2.75, 3.05) is 11.9 Å². The summed E-state index contributed by atoms with van der Waals surface area (Å²) in [4.78, 5) is 13.5. The Bertz CT molecular complexity index is 1120. The van der Waals surface area contributed by atoms with Crippen molar-refractivity contribution in [3.8, 4) is 22.5 Å². The van der Waals surface area contributed by atoms with Gasteiger partial charge in [0.05, 0.1) is 17.5 Å². The summed E-state index contributed by atoms with van der Waals surface area (Å²) in [5.74, 6) is 0.102. The van der Waals surface area contributed by atoms with Gasteiger partial charge in [0.1, 0.15) is 5.82 Å². The van der Waals surface area contributed by atoms with E-state index in [4.69, 9.17) is 4.98 Å². The molecule has 4 aromatic rings. The largest absolute Gasteiger partial charge is 0.392 e. The number of aliphatic hydroxyl groups excluding tert-OH is 1. The highest BCUT2D eigenvalue weighted by atomic mass is 19.1. The molecule has 0 saturated carbocycles. The third-order valence-electron chi connectivity index (χ3n) is 4.21. The van der Waals surface area contributed by atoms with Crippen LogP contribution in [0.4, 0.5) is 10.3 Å². The van der Waals surface area contributed by atoms with Gasteiger partial charge in [-0.05, 0) is 43.3 Å². The number of rotatable bonds is 5. The third-order valence-corrected chi connectivity index (χ3v) is 4.21. The highest BCUT2D eigenvalue weighted by Gasteiger charge is 2.15. The van der Waals surface area contributed by atoms with E-state index in [1.54, 1.807) is 36.0 Å². The van der Waals surface area contributed by atoms with Crippen LogP contribution in [-0.2, 0) is 7.05 Å². The van der Waals surface area contributed by atoms with Crippen molar-refractivity contribution in [3.63, 3.8) is 0 Å². The lowest BCUT2D eigenvalue weighted by Gasteiger charge is -2.11. The summed E-state index contributed by atoms with van der Waals surface area (Å²) >= 11 is 0. The van der Waals surface area contributed by atoms with Crippen molar-refractivity contribution in [3.05, 3.63) is 54.6 Å². The number of anilines is 1. The molecule has 1 unspecified atom stereocenters. The number of pyridine rings is 1. The van der Waals surface area contributed by atoms with Gasteiger partial charge in [-0.2, -0.15) is 5.10 Å². The molecule has 0 aliphatic carbocycles. The zero-order valence-corrected chi connectivity index (χ0v) is 15.5. The van der Waals surface area contributed by atoms with Crippen LogP contribution in [-0.4, -0.2) is 42.5 Å². The minimum atomic E-state index is -0.518. The number of halogens is 1. The van der Waals surface area contributed by atoms with Gasteiger partial charge >= 0.3 is 0 Å². The van der Waals surface area contributed by atoms with Gasteiger partial charge < -0.3 is 10.4 Å². The maximum Gasteiger partial charge on any atom is 0.223 e. The second-order valence-corrected chi connectivity index (χ2v) is 6.60. The van der Waals surface area contributed by atoms with Gasteiger partial charge in [0.15, 0.2) is 5.65 Å². The first-order valence-corrected chi connectivity index (χ1v) is 8.85. The van der Waals surface area contributed by atoms with Crippen molar-refractivity contribution in [1.29, 1.82) is 0 Å². The maximum atomic E-state index is 13.4. The van der Waals surface area contributed by atoms with E-state index in [1.165, 1.54) is 12.1 Å². The molecule has 2 N–H and O–H groups in total. The maximum absolute atomic E-state index is 13.4. The van der Waals surface area contributed by atoms with E-state index in [0.29, 0.717) is 29.5 Å². The zero-order chi connectivity index (χ0) is 19.7. The number of fused-ring (bicyclic) bond motifs is 1. The minimum absolute atomic E-state index is 0.309. The van der Waals surface area contributed by atoms with Crippen LogP contribution in [0.25, 0.3) is 33.5 Å². The lowest BCUT2D eigenvalue weighted by atomic mass is 10.0. The first-order valence-electron chi connectivity index (χ1n) is 8.85. The molecule has 0 spiro atoms. The van der Waals surface area contributed by atoms with Gasteiger partial charge in [-0.1, -0.05) is 0 Å². The van der Waals surface area contributed by atoms with Gasteiger partial charge in [0.25, 0.3) is 0 Å². The summed E-state index contributed by atoms with van der Waals surface area (Å²) in [6, 6.07) is 9.93. The fourth-order valence-corrected chi connectivity index (χ4v) is 2.93. The Morgan fingerprint density at radius 1 is 1.18 bits per heavy atom. The van der Waals surface area contributed by atoms with E-state index < -0.39 is 6.10 Å². The Morgan fingerprint density at radius 3 is 2.71 bits per heavy atom. The van der Waals surface area contributed by atoms with Crippen LogP contribution in [0.2, 0.25) is 0 Å². The lowest BCUT2D eigenvalue weighted by Crippen LogP contribution is -2.16. The molecule has 8 heteroatoms. The van der Waals surface area contributed by atoms with E-state index in [1.807, 2.05) is 19.3 Å². The summed E-state index contributed by atoms with van der Waals surface area (Å²) in [7, 11) is 1.84. The molecule has 0 bridgehead atoms. The average molecular weight is 378 g/mol. The fourth-order valence-electron chi connectivity index (χ4n) is 2.93. The van der Waals surface area contributed by atoms with E-state index >= 15 is 0 Å². The smallest absolute Gasteiger partial charge is 0.223 e. The Kier molecular flexibility index (Phi) is 4.70. The average Bonchev–Trinajstić information content (AvgIpc) is 3.05. The second-order valence-electron chi connectivity index (χ2n) is 6.60. The number of hydrogen-bond acceptors (Lipinski definition) is 6. The van der Waals surface area contributed by atoms with Gasteiger partial charge in [-0.15, -0.1) is 0 Å². The van der Waals surface area contributed by atoms with E-state index in [-0.39, 0.29) is 5.82 Å². The normalized spacial score (nSPS) is 12.3. The van der Waals surface area contributed by atoms with Crippen LogP contribution in [0.5, 0.6) is 0 Å². The molecule has 0 radical (unpaired) electrons. The molecule has 4 rings (SSSR count). The quantitative estimate of drug-likeness (QED) is 0.555. The Balaban J connectivity index is 1.86. The summed E-state index contributed by atoms with van der Waals surface area (Å²) in [6.45, 7) is 2.03. The minimum Gasteiger partial charge on any atom is -0.392 e. The molecule has 3 aromatic heterocycles. The summed E-state index contributed by atoms with van der Waals surface area (Å²) in [5.41, 5.74) is 3.48. The molecule has 142 valence electrons. The van der Waals surface area contributed by atoms with Crippen molar-refractivity contribution < 1.29 is 9.50 Å². The Morgan fingerprint density at radius 2 is 1.96 bits per heavy atom. The number of aromatic nitrogens is 5. The third kappa shape index (κ3) is 3.67. The van der Waals surface area contributed by atoms with Gasteiger partial charge in [0.2, 0.25) is 5.95 Å². The van der Waals surface area contributed by atoms with Crippen LogP contribution in [0.15, 0.2) is 48.8 Å². The molecule has 1 atom stereocenters. The molecule has 3 heterocycles. The number of hydrogen-bond donors (Lipinski definition) is 2. The van der Waals surface area contributed by atoms with Crippen LogP contribution >= 0.6 is 0 Å². The predicted molar refractivity (Wildman–Crippen MR) is 105 cm³/mol. The zero-order valence-electron chi connectivity index (χ0n) is 15.5. The molecule has 0 aliphatic heterocycles. The predicted octanol–water partition coefficient (Wildman–Crippen LogP) is 3.02. The van der Waals surface area contributed by atoms with Crippen LogP contribution in [0.1, 0.15) is 6.92 Å². The van der Waals surface area contributed by atoms with Gasteiger partial charge in [0, 0.05) is 42.5 Å². The van der Waals surface area contributed by atoms with Crippen molar-refractivity contribution in [2.24, 2.45) is 7.05 Å². The highest BCUT2D eigenvalue weighted by Crippen LogP contribution is 2.32. The Labute approximate surface area is 160 Å². The monoisotopic (exact) mass is 378 g/mol. The number of nitrogens with one attached hydrogen (secondary N) is 1. The molecule has 0 amide bonds. The molecule has 28 heavy (non-hydrogen) atoms. The SMILES string of the molecule is CC(O)CNc1nccc(-c2cc3cn(C)nc3nc2-c2ccc(F)cc2)n1. The van der Waals surface area contributed by atoms with Crippen LogP contribution in [0, 0.1) is 5.82 Å². The van der Waals surface area contributed by atoms with Crippen molar-refractivity contribution >= 4 is 17.0 Å². The van der Waals surface area contributed by atoms with Crippen molar-refractivity contribution in [2.45, 2.75) is 13.0 Å². The highest BCUT2D eigenvalue weighted by molar-refractivity contribution is 5.89. The van der Waals surface area contributed by atoms with E-state index in [0.717, 1.165) is 16.5 Å². The van der Waals surface area contributed by atoms with E-state index in [2.05, 4.69) is 20.4 Å². The summed E-state index contributed by atoms with van der Waals surface area (Å²) in [6.07, 6.45) is 3.01. The van der Waals surface area contributed by atoms with Gasteiger partial charge in [-0.3, -0.25) is 4.68 Å². The lowest BCUT2D eigenvalue weighted by molar-refractivity contribution is 0.208. The number of aryl methyl sites for hydroxylation is 1. The van der Waals surface area contributed by atoms with Crippen LogP contribution in [0.3, 0.4) is 0 Å². The van der Waals surface area contributed by atoms with Crippen molar-refractivity contribution in [1.82, 2.24) is 24.7 Å². The number of benzene rings is 1. The number of nitrogens with zero attached hydrogens (tertiary/aromatic N) is 5.